The third-order valence-corrected chi connectivity index (χ3v) is 6.67. The molecule has 2 heteroatoms. The molecule has 1 aromatic rings. The normalized spacial score (nSPS) is 29.6. The Morgan fingerprint density at radius 3 is 2.50 bits per heavy atom. The first-order chi connectivity index (χ1) is 12.5. The molecular weight excluding hydrogens is 318 g/mol. The lowest BCUT2D eigenvalue weighted by atomic mass is 9.58. The molecule has 2 N–H and O–H groups in total. The maximum Gasteiger partial charge on any atom is 0.119 e. The van der Waals surface area contributed by atoms with Crippen molar-refractivity contribution in [3.8, 4) is 5.75 Å². The summed E-state index contributed by atoms with van der Waals surface area (Å²) in [6, 6.07) is 6.60. The molecule has 1 aromatic carbocycles. The van der Waals surface area contributed by atoms with E-state index in [1.165, 1.54) is 49.8 Å². The Balaban J connectivity index is 0.00000117. The summed E-state index contributed by atoms with van der Waals surface area (Å²) in [5.74, 6) is 2.74. The third-order valence-electron chi connectivity index (χ3n) is 6.67. The van der Waals surface area contributed by atoms with E-state index in [-0.39, 0.29) is 5.41 Å². The Bertz CT molecular complexity index is 565. The number of aromatic hydroxyl groups is 1. The lowest BCUT2D eigenvalue weighted by molar-refractivity contribution is 0.123. The molecular formula is C24H41NO. The molecule has 2 nitrogen and oxygen atoms in total. The summed E-state index contributed by atoms with van der Waals surface area (Å²) in [5.41, 5.74) is 2.61. The molecule has 0 saturated heterocycles. The monoisotopic (exact) mass is 359 g/mol. The summed E-state index contributed by atoms with van der Waals surface area (Å²) in [7, 11) is 0. The van der Waals surface area contributed by atoms with E-state index in [0.29, 0.717) is 17.7 Å². The van der Waals surface area contributed by atoms with E-state index in [2.05, 4.69) is 39.1 Å². The summed E-state index contributed by atoms with van der Waals surface area (Å²) in [6.45, 7) is 14.5. The predicted molar refractivity (Wildman–Crippen MR) is 113 cm³/mol. The predicted octanol–water partition coefficient (Wildman–Crippen LogP) is 6.06. The van der Waals surface area contributed by atoms with Gasteiger partial charge in [-0.2, -0.15) is 0 Å². The van der Waals surface area contributed by atoms with Crippen molar-refractivity contribution in [1.29, 1.82) is 0 Å². The standard InChI is InChI=1S/C22H35NO.C2H6/c1-5-18-7-6-8-20(24)21(18)22(4)13-15(2)9-12-19(22)16(3)23-14-17-10-11-17;1-2/h6-8,15-17,19,23-24H,5,9-14H2,1-4H3;1-2H3. The molecule has 4 unspecified atom stereocenters. The average molecular weight is 360 g/mol. The Morgan fingerprint density at radius 2 is 1.88 bits per heavy atom. The van der Waals surface area contributed by atoms with Crippen molar-refractivity contribution < 1.29 is 5.11 Å². The molecule has 2 aliphatic carbocycles. The van der Waals surface area contributed by atoms with Crippen molar-refractivity contribution in [1.82, 2.24) is 5.32 Å². The maximum absolute atomic E-state index is 10.7. The molecule has 2 saturated carbocycles. The molecule has 2 aliphatic rings. The largest absolute Gasteiger partial charge is 0.508 e. The van der Waals surface area contributed by atoms with Gasteiger partial charge in [-0.25, -0.2) is 0 Å². The minimum Gasteiger partial charge on any atom is -0.508 e. The maximum atomic E-state index is 10.7. The van der Waals surface area contributed by atoms with Gasteiger partial charge in [-0.05, 0) is 75.0 Å². The van der Waals surface area contributed by atoms with E-state index >= 15 is 0 Å². The first-order valence-corrected chi connectivity index (χ1v) is 11.0. The van der Waals surface area contributed by atoms with Gasteiger partial charge in [0.05, 0.1) is 0 Å². The van der Waals surface area contributed by atoms with E-state index in [4.69, 9.17) is 0 Å². The molecule has 2 fully saturated rings. The molecule has 4 atom stereocenters. The molecule has 26 heavy (non-hydrogen) atoms. The van der Waals surface area contributed by atoms with Gasteiger partial charge in [-0.1, -0.05) is 53.2 Å². The van der Waals surface area contributed by atoms with Crippen LogP contribution in [0, 0.1) is 17.8 Å². The molecule has 0 radical (unpaired) electrons. The second-order valence-corrected chi connectivity index (χ2v) is 8.72. The van der Waals surface area contributed by atoms with Crippen molar-refractivity contribution in [2.45, 2.75) is 91.5 Å². The van der Waals surface area contributed by atoms with Crippen molar-refractivity contribution in [3.05, 3.63) is 29.3 Å². The zero-order valence-corrected chi connectivity index (χ0v) is 17.9. The first-order valence-electron chi connectivity index (χ1n) is 11.0. The van der Waals surface area contributed by atoms with Crippen LogP contribution in [0.4, 0.5) is 0 Å². The highest BCUT2D eigenvalue weighted by Crippen LogP contribution is 2.50. The van der Waals surface area contributed by atoms with Crippen molar-refractivity contribution in [2.75, 3.05) is 6.54 Å². The van der Waals surface area contributed by atoms with Crippen molar-refractivity contribution in [3.63, 3.8) is 0 Å². The zero-order chi connectivity index (χ0) is 19.3. The smallest absolute Gasteiger partial charge is 0.119 e. The van der Waals surface area contributed by atoms with Gasteiger partial charge in [0.2, 0.25) is 0 Å². The zero-order valence-electron chi connectivity index (χ0n) is 17.9. The van der Waals surface area contributed by atoms with E-state index < -0.39 is 0 Å². The quantitative estimate of drug-likeness (QED) is 0.647. The van der Waals surface area contributed by atoms with Crippen LogP contribution in [0.1, 0.15) is 84.8 Å². The minimum absolute atomic E-state index is 0.0598. The average Bonchev–Trinajstić information content (AvgIpc) is 3.45. The number of benzene rings is 1. The Morgan fingerprint density at radius 1 is 1.19 bits per heavy atom. The number of nitrogens with one attached hydrogen (secondary N) is 1. The van der Waals surface area contributed by atoms with Crippen molar-refractivity contribution >= 4 is 0 Å². The van der Waals surface area contributed by atoms with E-state index in [0.717, 1.165) is 18.3 Å². The number of hydrogen-bond acceptors (Lipinski definition) is 2. The fourth-order valence-corrected chi connectivity index (χ4v) is 5.21. The number of aryl methyl sites for hydroxylation is 1. The Kier molecular flexibility index (Phi) is 7.58. The second kappa shape index (κ2) is 9.26. The highest BCUT2D eigenvalue weighted by atomic mass is 16.3. The summed E-state index contributed by atoms with van der Waals surface area (Å²) >= 11 is 0. The highest BCUT2D eigenvalue weighted by molar-refractivity contribution is 5.46. The molecule has 0 bridgehead atoms. The fraction of sp³-hybridized carbons (Fsp3) is 0.750. The first kappa shape index (κ1) is 21.3. The van der Waals surface area contributed by atoms with E-state index in [1.807, 2.05) is 26.0 Å². The summed E-state index contributed by atoms with van der Waals surface area (Å²) in [5, 5.41) is 14.6. The van der Waals surface area contributed by atoms with Crippen LogP contribution in [0.5, 0.6) is 5.75 Å². The fourth-order valence-electron chi connectivity index (χ4n) is 5.21. The molecule has 0 aliphatic heterocycles. The van der Waals surface area contributed by atoms with E-state index in [9.17, 15) is 5.11 Å². The van der Waals surface area contributed by atoms with Gasteiger partial charge in [-0.3, -0.25) is 0 Å². The second-order valence-electron chi connectivity index (χ2n) is 8.72. The van der Waals surface area contributed by atoms with Gasteiger partial charge < -0.3 is 10.4 Å². The van der Waals surface area contributed by atoms with Gasteiger partial charge in [0, 0.05) is 17.0 Å². The van der Waals surface area contributed by atoms with Gasteiger partial charge >= 0.3 is 0 Å². The molecule has 0 spiro atoms. The van der Waals surface area contributed by atoms with Gasteiger partial charge in [-0.15, -0.1) is 0 Å². The number of phenolic OH excluding ortho intramolecular Hbond substituents is 1. The van der Waals surface area contributed by atoms with Gasteiger partial charge in [0.25, 0.3) is 0 Å². The minimum atomic E-state index is 0.0598. The molecule has 0 amide bonds. The topological polar surface area (TPSA) is 32.3 Å². The molecule has 148 valence electrons. The highest BCUT2D eigenvalue weighted by Gasteiger charge is 2.45. The number of rotatable bonds is 6. The number of hydrogen-bond donors (Lipinski definition) is 2. The number of phenols is 1. The van der Waals surface area contributed by atoms with Gasteiger partial charge in [0.1, 0.15) is 5.75 Å². The van der Waals surface area contributed by atoms with Crippen LogP contribution in [0.25, 0.3) is 0 Å². The Hall–Kier alpha value is -1.02. The van der Waals surface area contributed by atoms with Gasteiger partial charge in [0.15, 0.2) is 0 Å². The lowest BCUT2D eigenvalue weighted by Gasteiger charge is -2.48. The molecule has 3 rings (SSSR count). The van der Waals surface area contributed by atoms with Crippen LogP contribution < -0.4 is 5.32 Å². The summed E-state index contributed by atoms with van der Waals surface area (Å²) in [6.07, 6.45) is 7.54. The Labute approximate surface area is 161 Å². The lowest BCUT2D eigenvalue weighted by Crippen LogP contribution is -2.49. The van der Waals surface area contributed by atoms with E-state index in [1.54, 1.807) is 0 Å². The third kappa shape index (κ3) is 4.63. The van der Waals surface area contributed by atoms with Crippen LogP contribution in [0.2, 0.25) is 0 Å². The van der Waals surface area contributed by atoms with Crippen LogP contribution in [0.3, 0.4) is 0 Å². The SMILES string of the molecule is CC.CCc1cccc(O)c1C1(C)CC(C)CCC1C(C)NCC1CC1. The van der Waals surface area contributed by atoms with Crippen LogP contribution in [-0.2, 0) is 11.8 Å². The van der Waals surface area contributed by atoms with Crippen LogP contribution in [-0.4, -0.2) is 17.7 Å². The van der Waals surface area contributed by atoms with Crippen LogP contribution in [0.15, 0.2) is 18.2 Å². The van der Waals surface area contributed by atoms with Crippen molar-refractivity contribution in [2.24, 2.45) is 17.8 Å². The molecule has 0 heterocycles. The summed E-state index contributed by atoms with van der Waals surface area (Å²) in [4.78, 5) is 0. The molecule has 0 aromatic heterocycles. The van der Waals surface area contributed by atoms with Crippen LogP contribution >= 0.6 is 0 Å². The summed E-state index contributed by atoms with van der Waals surface area (Å²) < 4.78 is 0.